The molecule has 1 heterocycles. The number of morpholine rings is 1. The highest BCUT2D eigenvalue weighted by atomic mass is 35.5. The molecule has 0 radical (unpaired) electrons. The largest absolute Gasteiger partial charge is 0.469 e. The van der Waals surface area contributed by atoms with E-state index in [4.69, 9.17) is 27.9 Å². The zero-order chi connectivity index (χ0) is 22.2. The van der Waals surface area contributed by atoms with E-state index in [0.717, 1.165) is 23.4 Å². The molecule has 7 heteroatoms. The van der Waals surface area contributed by atoms with E-state index in [0.29, 0.717) is 24.1 Å². The molecule has 1 aliphatic carbocycles. The third kappa shape index (κ3) is 6.70. The second kappa shape index (κ2) is 11.5. The van der Waals surface area contributed by atoms with Crippen molar-refractivity contribution in [2.45, 2.75) is 37.8 Å². The highest BCUT2D eigenvalue weighted by Gasteiger charge is 2.39. The fourth-order valence-corrected chi connectivity index (χ4v) is 3.91. The summed E-state index contributed by atoms with van der Waals surface area (Å²) in [6.45, 7) is 1.09. The number of ether oxygens (including phenoxy) is 2. The minimum atomic E-state index is -0.749. The average Bonchev–Trinajstić information content (AvgIpc) is 2.74. The van der Waals surface area contributed by atoms with Crippen LogP contribution in [0.3, 0.4) is 0 Å². The molecular weight excluding hydrogens is 437 g/mol. The van der Waals surface area contributed by atoms with Gasteiger partial charge in [-0.25, -0.2) is 0 Å². The number of nitrogens with zero attached hydrogens (tertiary/aromatic N) is 1. The number of methoxy groups -OCH3 is 1. The normalized spacial score (nSPS) is 21.0. The summed E-state index contributed by atoms with van der Waals surface area (Å²) in [6, 6.07) is 16.8. The molecule has 1 amide bonds. The van der Waals surface area contributed by atoms with Crippen molar-refractivity contribution in [3.05, 3.63) is 70.2 Å². The van der Waals surface area contributed by atoms with Crippen LogP contribution < -0.4 is 0 Å². The Bertz CT molecular complexity index is 856. The summed E-state index contributed by atoms with van der Waals surface area (Å²) in [5.74, 6) is -0.0130. The third-order valence-corrected chi connectivity index (χ3v) is 6.14. The summed E-state index contributed by atoms with van der Waals surface area (Å²) < 4.78 is 10.4. The maximum absolute atomic E-state index is 12.9. The number of halogens is 2. The molecule has 5 nitrogen and oxygen atoms in total. The second-order valence-electron chi connectivity index (χ2n) is 7.75. The van der Waals surface area contributed by atoms with Gasteiger partial charge in [-0.05, 0) is 48.6 Å². The molecule has 166 valence electrons. The SMILES string of the molecule is COC(=O)CC1OCC(c2ccc(Cl)cc2)N(CC2CCC2)C1=O.Clc1ccccc1. The van der Waals surface area contributed by atoms with Gasteiger partial charge in [0.25, 0.3) is 5.91 Å². The van der Waals surface area contributed by atoms with E-state index < -0.39 is 12.1 Å². The lowest BCUT2D eigenvalue weighted by molar-refractivity contribution is -0.167. The summed E-state index contributed by atoms with van der Waals surface area (Å²) in [5, 5.41) is 1.46. The Hall–Kier alpha value is -2.08. The molecule has 2 aromatic carbocycles. The van der Waals surface area contributed by atoms with Crippen LogP contribution in [0.15, 0.2) is 54.6 Å². The molecule has 1 aliphatic heterocycles. The van der Waals surface area contributed by atoms with E-state index in [-0.39, 0.29) is 18.4 Å². The second-order valence-corrected chi connectivity index (χ2v) is 8.63. The van der Waals surface area contributed by atoms with Gasteiger partial charge in [0.05, 0.1) is 26.2 Å². The van der Waals surface area contributed by atoms with Crippen LogP contribution in [0, 0.1) is 5.92 Å². The van der Waals surface area contributed by atoms with E-state index in [1.54, 1.807) is 0 Å². The highest BCUT2D eigenvalue weighted by molar-refractivity contribution is 6.30. The first-order valence-electron chi connectivity index (χ1n) is 10.4. The quantitative estimate of drug-likeness (QED) is 0.563. The maximum Gasteiger partial charge on any atom is 0.308 e. The van der Waals surface area contributed by atoms with Crippen molar-refractivity contribution < 1.29 is 19.1 Å². The number of benzene rings is 2. The van der Waals surface area contributed by atoms with Crippen molar-refractivity contribution in [2.75, 3.05) is 20.3 Å². The Kier molecular flexibility index (Phi) is 8.76. The van der Waals surface area contributed by atoms with Gasteiger partial charge in [0.15, 0.2) is 0 Å². The van der Waals surface area contributed by atoms with Crippen LogP contribution in [0.25, 0.3) is 0 Å². The lowest BCUT2D eigenvalue weighted by Crippen LogP contribution is -2.52. The molecule has 2 aromatic rings. The molecule has 2 fully saturated rings. The van der Waals surface area contributed by atoms with Crippen LogP contribution in [-0.2, 0) is 19.1 Å². The smallest absolute Gasteiger partial charge is 0.308 e. The van der Waals surface area contributed by atoms with Gasteiger partial charge < -0.3 is 14.4 Å². The number of hydrogen-bond acceptors (Lipinski definition) is 4. The number of rotatable bonds is 5. The monoisotopic (exact) mass is 463 g/mol. The molecule has 1 saturated heterocycles. The van der Waals surface area contributed by atoms with E-state index >= 15 is 0 Å². The fraction of sp³-hybridized carbons (Fsp3) is 0.417. The van der Waals surface area contributed by atoms with Gasteiger partial charge in [0.2, 0.25) is 0 Å². The van der Waals surface area contributed by atoms with Crippen LogP contribution in [0.1, 0.15) is 37.3 Å². The molecule has 4 rings (SSSR count). The van der Waals surface area contributed by atoms with E-state index in [9.17, 15) is 9.59 Å². The predicted octanol–water partition coefficient (Wildman–Crippen LogP) is 5.31. The van der Waals surface area contributed by atoms with Gasteiger partial charge in [-0.3, -0.25) is 9.59 Å². The Morgan fingerprint density at radius 2 is 1.71 bits per heavy atom. The molecule has 0 spiro atoms. The van der Waals surface area contributed by atoms with Gasteiger partial charge in [0.1, 0.15) is 6.10 Å². The minimum absolute atomic E-state index is 0.0379. The van der Waals surface area contributed by atoms with Crippen molar-refractivity contribution in [1.29, 1.82) is 0 Å². The first-order chi connectivity index (χ1) is 15.0. The van der Waals surface area contributed by atoms with Crippen LogP contribution in [0.2, 0.25) is 10.0 Å². The molecule has 2 atom stereocenters. The van der Waals surface area contributed by atoms with E-state index in [1.807, 2.05) is 59.5 Å². The van der Waals surface area contributed by atoms with Crippen molar-refractivity contribution in [2.24, 2.45) is 5.92 Å². The van der Waals surface area contributed by atoms with Gasteiger partial charge in [-0.2, -0.15) is 0 Å². The number of amides is 1. The third-order valence-electron chi connectivity index (χ3n) is 5.64. The zero-order valence-corrected chi connectivity index (χ0v) is 19.0. The number of hydrogen-bond donors (Lipinski definition) is 0. The Morgan fingerprint density at radius 1 is 1.06 bits per heavy atom. The van der Waals surface area contributed by atoms with E-state index in [1.165, 1.54) is 13.5 Å². The number of carbonyl (C=O) groups excluding carboxylic acids is 2. The van der Waals surface area contributed by atoms with Crippen molar-refractivity contribution >= 4 is 35.1 Å². The van der Waals surface area contributed by atoms with Crippen LogP contribution in [0.4, 0.5) is 0 Å². The van der Waals surface area contributed by atoms with Crippen LogP contribution in [-0.4, -0.2) is 43.1 Å². The summed E-state index contributed by atoms with van der Waals surface area (Å²) in [5.41, 5.74) is 1.00. The van der Waals surface area contributed by atoms with Crippen LogP contribution in [0.5, 0.6) is 0 Å². The molecule has 0 N–H and O–H groups in total. The molecule has 0 aromatic heterocycles. The molecule has 31 heavy (non-hydrogen) atoms. The standard InChI is InChI=1S/C18H22ClNO4.C6H5Cl/c1-23-17(21)9-16-18(22)20(10-12-3-2-4-12)15(11-24-16)13-5-7-14(19)8-6-13;7-6-4-2-1-3-5-6/h5-8,12,15-16H,2-4,9-11H2,1H3;1-5H. The molecule has 1 saturated carbocycles. The topological polar surface area (TPSA) is 55.8 Å². The lowest BCUT2D eigenvalue weighted by atomic mass is 9.84. The lowest BCUT2D eigenvalue weighted by Gasteiger charge is -2.42. The molecule has 2 aliphatic rings. The van der Waals surface area contributed by atoms with Crippen molar-refractivity contribution in [3.8, 4) is 0 Å². The average molecular weight is 464 g/mol. The molecule has 0 bridgehead atoms. The Morgan fingerprint density at radius 3 is 2.23 bits per heavy atom. The Balaban J connectivity index is 0.000000330. The zero-order valence-electron chi connectivity index (χ0n) is 17.5. The summed E-state index contributed by atoms with van der Waals surface area (Å²) in [4.78, 5) is 26.3. The summed E-state index contributed by atoms with van der Waals surface area (Å²) in [6.07, 6.45) is 2.74. The highest BCUT2D eigenvalue weighted by Crippen LogP contribution is 2.34. The van der Waals surface area contributed by atoms with Gasteiger partial charge in [-0.1, -0.05) is 60.0 Å². The van der Waals surface area contributed by atoms with Gasteiger partial charge in [0, 0.05) is 16.6 Å². The fourth-order valence-electron chi connectivity index (χ4n) is 3.63. The van der Waals surface area contributed by atoms with Crippen molar-refractivity contribution in [1.82, 2.24) is 4.90 Å². The molecular formula is C24H27Cl2NO4. The van der Waals surface area contributed by atoms with Crippen molar-refractivity contribution in [3.63, 3.8) is 0 Å². The Labute approximate surface area is 193 Å². The maximum atomic E-state index is 12.9. The van der Waals surface area contributed by atoms with E-state index in [2.05, 4.69) is 4.74 Å². The first kappa shape index (κ1) is 23.6. The van der Waals surface area contributed by atoms with Crippen LogP contribution >= 0.6 is 23.2 Å². The molecule has 2 unspecified atom stereocenters. The first-order valence-corrected chi connectivity index (χ1v) is 11.2. The summed E-state index contributed by atoms with van der Waals surface area (Å²) >= 11 is 11.5. The minimum Gasteiger partial charge on any atom is -0.469 e. The number of esters is 1. The predicted molar refractivity (Wildman–Crippen MR) is 121 cm³/mol. The number of carbonyl (C=O) groups is 2. The summed E-state index contributed by atoms with van der Waals surface area (Å²) in [7, 11) is 1.32. The van der Waals surface area contributed by atoms with Gasteiger partial charge >= 0.3 is 5.97 Å². The van der Waals surface area contributed by atoms with Gasteiger partial charge in [-0.15, -0.1) is 0 Å².